The molecule has 136 valence electrons. The summed E-state index contributed by atoms with van der Waals surface area (Å²) in [6.45, 7) is 5.96. The van der Waals surface area contributed by atoms with Gasteiger partial charge in [-0.25, -0.2) is 4.98 Å². The minimum atomic E-state index is -0.0887. The zero-order valence-corrected chi connectivity index (χ0v) is 15.7. The molecule has 2 aliphatic rings. The van der Waals surface area contributed by atoms with Gasteiger partial charge in [-0.3, -0.25) is 9.59 Å². The van der Waals surface area contributed by atoms with Crippen molar-refractivity contribution in [2.24, 2.45) is 0 Å². The molecule has 0 bridgehead atoms. The van der Waals surface area contributed by atoms with Gasteiger partial charge in [0.2, 0.25) is 11.8 Å². The minimum absolute atomic E-state index is 0.0115. The molecular weight excluding hydrogens is 338 g/mol. The fourth-order valence-electron chi connectivity index (χ4n) is 3.30. The summed E-state index contributed by atoms with van der Waals surface area (Å²) in [5, 5.41) is 3.79. The first kappa shape index (κ1) is 18.2. The normalized spacial score (nSPS) is 19.6. The summed E-state index contributed by atoms with van der Waals surface area (Å²) < 4.78 is 5.49. The Morgan fingerprint density at radius 1 is 1.40 bits per heavy atom. The highest BCUT2D eigenvalue weighted by molar-refractivity contribution is 7.99. The second kappa shape index (κ2) is 8.19. The van der Waals surface area contributed by atoms with E-state index in [4.69, 9.17) is 4.74 Å². The van der Waals surface area contributed by atoms with Crippen molar-refractivity contribution in [3.63, 3.8) is 0 Å². The van der Waals surface area contributed by atoms with Crippen molar-refractivity contribution < 1.29 is 14.3 Å². The largest absolute Gasteiger partial charge is 0.376 e. The lowest BCUT2D eigenvalue weighted by Crippen LogP contribution is -2.37. The van der Waals surface area contributed by atoms with Crippen molar-refractivity contribution in [3.05, 3.63) is 17.3 Å². The number of amides is 2. The predicted molar refractivity (Wildman–Crippen MR) is 98.0 cm³/mol. The molecule has 1 aromatic rings. The van der Waals surface area contributed by atoms with Gasteiger partial charge < -0.3 is 15.0 Å². The number of aryl methyl sites for hydroxylation is 2. The third-order valence-electron chi connectivity index (χ3n) is 4.52. The average Bonchev–Trinajstić information content (AvgIpc) is 3.10. The van der Waals surface area contributed by atoms with Gasteiger partial charge in [0.25, 0.3) is 0 Å². The molecular formula is C18H25N3O3S. The van der Waals surface area contributed by atoms with Crippen molar-refractivity contribution >= 4 is 29.3 Å². The average molecular weight is 363 g/mol. The van der Waals surface area contributed by atoms with Crippen LogP contribution in [0.5, 0.6) is 0 Å². The Labute approximate surface area is 152 Å². The van der Waals surface area contributed by atoms with Crippen LogP contribution in [0.1, 0.15) is 36.9 Å². The van der Waals surface area contributed by atoms with Crippen LogP contribution in [0.4, 0.5) is 5.69 Å². The summed E-state index contributed by atoms with van der Waals surface area (Å²) in [5.41, 5.74) is 2.93. The monoisotopic (exact) mass is 363 g/mol. The van der Waals surface area contributed by atoms with Gasteiger partial charge in [0.1, 0.15) is 5.03 Å². The van der Waals surface area contributed by atoms with Gasteiger partial charge in [-0.2, -0.15) is 0 Å². The first-order valence-electron chi connectivity index (χ1n) is 8.84. The van der Waals surface area contributed by atoms with E-state index in [0.717, 1.165) is 47.2 Å². The number of carbonyl (C=O) groups excluding carboxylic acids is 2. The maximum absolute atomic E-state index is 12.6. The SMILES string of the molecule is Cc1cc(C)c2c(n1)SCCN2C(=O)CCC(=O)NCC1CCCO1. The molecule has 7 heteroatoms. The molecule has 0 aromatic carbocycles. The summed E-state index contributed by atoms with van der Waals surface area (Å²) in [5.74, 6) is 0.733. The molecule has 1 aromatic heterocycles. The van der Waals surface area contributed by atoms with Gasteiger partial charge in [0.05, 0.1) is 11.8 Å². The van der Waals surface area contributed by atoms with E-state index < -0.39 is 0 Å². The summed E-state index contributed by atoms with van der Waals surface area (Å²) in [7, 11) is 0. The highest BCUT2D eigenvalue weighted by atomic mass is 32.2. The molecule has 3 heterocycles. The fraction of sp³-hybridized carbons (Fsp3) is 0.611. The van der Waals surface area contributed by atoms with E-state index in [-0.39, 0.29) is 30.8 Å². The van der Waals surface area contributed by atoms with E-state index in [9.17, 15) is 9.59 Å². The smallest absolute Gasteiger partial charge is 0.227 e. The zero-order chi connectivity index (χ0) is 17.8. The summed E-state index contributed by atoms with van der Waals surface area (Å²) in [6, 6.07) is 2.00. The third kappa shape index (κ3) is 4.52. The number of ether oxygens (including phenoxy) is 1. The van der Waals surface area contributed by atoms with Crippen molar-refractivity contribution in [2.75, 3.05) is 30.3 Å². The van der Waals surface area contributed by atoms with Gasteiger partial charge in [-0.05, 0) is 38.3 Å². The maximum Gasteiger partial charge on any atom is 0.227 e. The lowest BCUT2D eigenvalue weighted by Gasteiger charge is -2.30. The second-order valence-electron chi connectivity index (χ2n) is 6.57. The van der Waals surface area contributed by atoms with Crippen molar-refractivity contribution in [1.82, 2.24) is 10.3 Å². The van der Waals surface area contributed by atoms with Crippen LogP contribution in [0.2, 0.25) is 0 Å². The van der Waals surface area contributed by atoms with E-state index in [2.05, 4.69) is 10.3 Å². The van der Waals surface area contributed by atoms with Crippen LogP contribution < -0.4 is 10.2 Å². The van der Waals surface area contributed by atoms with Gasteiger partial charge >= 0.3 is 0 Å². The number of hydrogen-bond acceptors (Lipinski definition) is 5. The molecule has 6 nitrogen and oxygen atoms in total. The molecule has 1 N–H and O–H groups in total. The maximum atomic E-state index is 12.6. The van der Waals surface area contributed by atoms with Crippen LogP contribution in [0.3, 0.4) is 0 Å². The Morgan fingerprint density at radius 2 is 2.24 bits per heavy atom. The number of thioether (sulfide) groups is 1. The minimum Gasteiger partial charge on any atom is -0.376 e. The van der Waals surface area contributed by atoms with Crippen LogP contribution in [0.15, 0.2) is 11.1 Å². The van der Waals surface area contributed by atoms with Crippen molar-refractivity contribution in [1.29, 1.82) is 0 Å². The summed E-state index contributed by atoms with van der Waals surface area (Å²) >= 11 is 1.69. The number of rotatable bonds is 5. The van der Waals surface area contributed by atoms with Crippen LogP contribution in [0.25, 0.3) is 0 Å². The Morgan fingerprint density at radius 3 is 3.00 bits per heavy atom. The van der Waals surface area contributed by atoms with E-state index in [1.165, 1.54) is 0 Å². The molecule has 1 unspecified atom stereocenters. The number of nitrogens with zero attached hydrogens (tertiary/aromatic N) is 2. The number of anilines is 1. The summed E-state index contributed by atoms with van der Waals surface area (Å²) in [6.07, 6.45) is 2.60. The molecule has 0 aliphatic carbocycles. The Balaban J connectivity index is 1.54. The number of fused-ring (bicyclic) bond motifs is 1. The van der Waals surface area contributed by atoms with E-state index >= 15 is 0 Å². The molecule has 25 heavy (non-hydrogen) atoms. The quantitative estimate of drug-likeness (QED) is 0.868. The Bertz CT molecular complexity index is 659. The molecule has 1 atom stereocenters. The number of hydrogen-bond donors (Lipinski definition) is 1. The fourth-order valence-corrected chi connectivity index (χ4v) is 4.38. The molecule has 0 saturated carbocycles. The Hall–Kier alpha value is -1.60. The topological polar surface area (TPSA) is 71.5 Å². The van der Waals surface area contributed by atoms with Crippen LogP contribution in [-0.2, 0) is 14.3 Å². The molecule has 2 amide bonds. The standard InChI is InChI=1S/C18H25N3O3S/c1-12-10-13(2)20-18-17(12)21(7-9-25-18)16(23)6-5-15(22)19-11-14-4-3-8-24-14/h10,14H,3-9,11H2,1-2H3,(H,19,22). The number of aromatic nitrogens is 1. The molecule has 1 fully saturated rings. The lowest BCUT2D eigenvalue weighted by molar-refractivity contribution is -0.125. The molecule has 0 spiro atoms. The highest BCUT2D eigenvalue weighted by Crippen LogP contribution is 2.36. The van der Waals surface area contributed by atoms with Gasteiger partial charge in [0, 0.05) is 44.0 Å². The Kier molecular flexibility index (Phi) is 5.96. The number of carbonyl (C=O) groups is 2. The van der Waals surface area contributed by atoms with Gasteiger partial charge in [-0.1, -0.05) is 0 Å². The van der Waals surface area contributed by atoms with Gasteiger partial charge in [0.15, 0.2) is 0 Å². The summed E-state index contributed by atoms with van der Waals surface area (Å²) in [4.78, 5) is 31.0. The highest BCUT2D eigenvalue weighted by Gasteiger charge is 2.26. The van der Waals surface area contributed by atoms with E-state index in [1.807, 2.05) is 19.9 Å². The molecule has 1 saturated heterocycles. The van der Waals surface area contributed by atoms with Gasteiger partial charge in [-0.15, -0.1) is 11.8 Å². The first-order chi connectivity index (χ1) is 12.0. The lowest BCUT2D eigenvalue weighted by atomic mass is 10.1. The molecule has 2 aliphatic heterocycles. The number of pyridine rings is 1. The van der Waals surface area contributed by atoms with Crippen LogP contribution in [-0.4, -0.2) is 48.4 Å². The second-order valence-corrected chi connectivity index (χ2v) is 7.65. The first-order valence-corrected chi connectivity index (χ1v) is 9.83. The zero-order valence-electron chi connectivity index (χ0n) is 14.8. The third-order valence-corrected chi connectivity index (χ3v) is 5.47. The van der Waals surface area contributed by atoms with E-state index in [0.29, 0.717) is 13.1 Å². The van der Waals surface area contributed by atoms with Crippen molar-refractivity contribution in [2.45, 2.75) is 50.7 Å². The van der Waals surface area contributed by atoms with E-state index in [1.54, 1.807) is 16.7 Å². The van der Waals surface area contributed by atoms with Crippen LogP contribution in [0, 0.1) is 13.8 Å². The number of nitrogens with one attached hydrogen (secondary N) is 1. The molecule has 0 radical (unpaired) electrons. The molecule has 3 rings (SSSR count). The van der Waals surface area contributed by atoms with Crippen molar-refractivity contribution in [3.8, 4) is 0 Å². The van der Waals surface area contributed by atoms with Crippen LogP contribution >= 0.6 is 11.8 Å². The predicted octanol–water partition coefficient (Wildman–Crippen LogP) is 2.21.